The number of anilines is 1. The maximum Gasteiger partial charge on any atom is 0.385 e. The van der Waals surface area contributed by atoms with Gasteiger partial charge in [-0.15, -0.1) is 0 Å². The first-order valence-corrected chi connectivity index (χ1v) is 16.2. The van der Waals surface area contributed by atoms with Crippen LogP contribution in [0.1, 0.15) is 70.2 Å². The van der Waals surface area contributed by atoms with E-state index >= 15 is 0 Å². The highest BCUT2D eigenvalue weighted by atomic mass is 32.2. The number of benzene rings is 2. The minimum Gasteiger partial charge on any atom is -0.871 e. The van der Waals surface area contributed by atoms with Crippen LogP contribution >= 0.6 is 23.1 Å². The fourth-order valence-electron chi connectivity index (χ4n) is 5.99. The number of thiazole rings is 1. The number of hydrogen-bond donors (Lipinski definition) is 0. The number of thioether (sulfide) groups is 1. The summed E-state index contributed by atoms with van der Waals surface area (Å²) in [5, 5.41) is 26.8. The Kier molecular flexibility index (Phi) is 7.79. The Labute approximate surface area is 244 Å². The van der Waals surface area contributed by atoms with Gasteiger partial charge in [0.15, 0.2) is 12.3 Å². The summed E-state index contributed by atoms with van der Waals surface area (Å²) in [7, 11) is 0. The van der Waals surface area contributed by atoms with Crippen molar-refractivity contribution in [1.82, 2.24) is 0 Å². The second kappa shape index (κ2) is 11.3. The zero-order valence-electron chi connectivity index (χ0n) is 23.2. The van der Waals surface area contributed by atoms with E-state index in [-0.39, 0.29) is 22.7 Å². The standard InChI is InChI=1S/C32H36N2O4S2/c1-3-5-7-13-19-33-23-15-9-11-17-25(23)39-27(33)21-22-29(35)28(30(22)36)31-32(38(31)37)34(20-14-8-6-4-2)24-16-10-12-18-26(24)40-32/h9-12,15-18,21,31H,3-8,13-14,19-20H2,1-2H3. The smallest absolute Gasteiger partial charge is 0.385 e. The molecule has 2 aliphatic heterocycles. The van der Waals surface area contributed by atoms with E-state index < -0.39 is 11.2 Å². The van der Waals surface area contributed by atoms with E-state index in [2.05, 4.69) is 35.4 Å². The molecule has 1 fully saturated rings. The third-order valence-corrected chi connectivity index (χ3v) is 10.7. The van der Waals surface area contributed by atoms with Gasteiger partial charge in [0.05, 0.1) is 11.3 Å². The monoisotopic (exact) mass is 576 g/mol. The van der Waals surface area contributed by atoms with E-state index in [1.165, 1.54) is 24.6 Å². The number of ketones is 1. The Morgan fingerprint density at radius 2 is 1.73 bits per heavy atom. The van der Waals surface area contributed by atoms with Crippen molar-refractivity contribution in [3.05, 3.63) is 70.4 Å². The first-order chi connectivity index (χ1) is 19.5. The van der Waals surface area contributed by atoms with E-state index in [0.717, 1.165) is 70.9 Å². The Hall–Kier alpha value is -2.65. The van der Waals surface area contributed by atoms with Crippen LogP contribution in [0.2, 0.25) is 0 Å². The lowest BCUT2D eigenvalue weighted by atomic mass is 9.85. The van der Waals surface area contributed by atoms with Crippen molar-refractivity contribution >= 4 is 50.9 Å². The molecule has 2 unspecified atom stereocenters. The summed E-state index contributed by atoms with van der Waals surface area (Å²) in [5.74, 6) is -0.588. The minimum absolute atomic E-state index is 0.112. The van der Waals surface area contributed by atoms with Crippen molar-refractivity contribution in [2.24, 2.45) is 0 Å². The number of allylic oxidation sites excluding steroid dienone is 1. The van der Waals surface area contributed by atoms with Crippen LogP contribution in [-0.2, 0) is 15.9 Å². The maximum absolute atomic E-state index is 13.5. The van der Waals surface area contributed by atoms with Crippen LogP contribution in [0.25, 0.3) is 16.3 Å². The number of para-hydroxylation sites is 2. The molecule has 40 heavy (non-hydrogen) atoms. The van der Waals surface area contributed by atoms with Crippen LogP contribution in [0.5, 0.6) is 0 Å². The van der Waals surface area contributed by atoms with E-state index in [0.29, 0.717) is 6.54 Å². The highest BCUT2D eigenvalue weighted by Gasteiger charge is 2.81. The van der Waals surface area contributed by atoms with E-state index in [9.17, 15) is 15.2 Å². The summed E-state index contributed by atoms with van der Waals surface area (Å²) < 4.78 is 5.33. The van der Waals surface area contributed by atoms with E-state index in [1.54, 1.807) is 17.4 Å². The minimum atomic E-state index is -1.01. The first kappa shape index (κ1) is 27.5. The number of unbranched alkanes of at least 4 members (excludes halogenated alkanes) is 6. The molecular weight excluding hydrogens is 540 g/mol. The Bertz CT molecular complexity index is 1500. The summed E-state index contributed by atoms with van der Waals surface area (Å²) in [6.45, 7) is 5.94. The number of aromatic nitrogens is 1. The van der Waals surface area contributed by atoms with Gasteiger partial charge in [-0.25, -0.2) is 0 Å². The lowest BCUT2D eigenvalue weighted by molar-refractivity contribution is -0.744. The van der Waals surface area contributed by atoms with Crippen molar-refractivity contribution in [3.8, 4) is 0 Å². The number of nitrogens with zero attached hydrogens (tertiary/aromatic N) is 2. The highest BCUT2D eigenvalue weighted by Crippen LogP contribution is 2.67. The Morgan fingerprint density at radius 1 is 1.00 bits per heavy atom. The van der Waals surface area contributed by atoms with Crippen molar-refractivity contribution in [2.45, 2.75) is 87.8 Å². The largest absolute Gasteiger partial charge is 0.871 e. The van der Waals surface area contributed by atoms with Gasteiger partial charge in [-0.1, -0.05) is 87.3 Å². The molecule has 3 aromatic rings. The van der Waals surface area contributed by atoms with Gasteiger partial charge in [0.1, 0.15) is 4.70 Å². The summed E-state index contributed by atoms with van der Waals surface area (Å²) >= 11 is 3.06. The van der Waals surface area contributed by atoms with Crippen molar-refractivity contribution in [2.75, 3.05) is 11.4 Å². The van der Waals surface area contributed by atoms with Gasteiger partial charge in [0.25, 0.3) is 5.01 Å². The Balaban J connectivity index is 1.29. The molecule has 1 aliphatic carbocycles. The molecule has 6 nitrogen and oxygen atoms in total. The highest BCUT2D eigenvalue weighted by molar-refractivity contribution is 8.01. The van der Waals surface area contributed by atoms with E-state index in [1.807, 2.05) is 40.9 Å². The van der Waals surface area contributed by atoms with Crippen molar-refractivity contribution in [1.29, 1.82) is 0 Å². The number of hydrogen-bond acceptors (Lipinski definition) is 6. The van der Waals surface area contributed by atoms with Crippen LogP contribution in [0, 0.1) is 0 Å². The third kappa shape index (κ3) is 4.49. The number of carbonyl (C=O) groups is 1. The molecule has 3 heterocycles. The molecule has 3 aliphatic rings. The fraction of sp³-hybridized carbons (Fsp3) is 0.438. The molecule has 210 valence electrons. The number of fused-ring (bicyclic) bond motifs is 2. The van der Waals surface area contributed by atoms with Gasteiger partial charge >= 0.3 is 11.2 Å². The number of rotatable bonds is 12. The average molecular weight is 577 g/mol. The van der Waals surface area contributed by atoms with Gasteiger partial charge in [-0.3, -0.25) is 9.69 Å². The molecule has 0 radical (unpaired) electrons. The lowest BCUT2D eigenvalue weighted by Crippen LogP contribution is -2.41. The molecule has 1 aromatic heterocycles. The zero-order chi connectivity index (χ0) is 27.9. The second-order valence-corrected chi connectivity index (χ2v) is 13.1. The number of carbonyl (C=O) groups excluding carboxylic acids is 1. The Morgan fingerprint density at radius 3 is 2.50 bits per heavy atom. The fourth-order valence-corrected chi connectivity index (χ4v) is 8.61. The van der Waals surface area contributed by atoms with Gasteiger partial charge in [0, 0.05) is 47.3 Å². The average Bonchev–Trinajstić information content (AvgIpc) is 3.25. The molecule has 0 amide bonds. The first-order valence-electron chi connectivity index (χ1n) is 14.6. The number of epoxide rings is 1. The van der Waals surface area contributed by atoms with E-state index in [4.69, 9.17) is 0 Å². The van der Waals surface area contributed by atoms with Crippen LogP contribution in [-0.4, -0.2) is 23.5 Å². The summed E-state index contributed by atoms with van der Waals surface area (Å²) in [6, 6.07) is 16.2. The van der Waals surface area contributed by atoms with Crippen LogP contribution in [0.15, 0.2) is 70.3 Å². The van der Waals surface area contributed by atoms with Crippen molar-refractivity contribution in [3.63, 3.8) is 0 Å². The molecule has 2 aromatic carbocycles. The summed E-state index contributed by atoms with van der Waals surface area (Å²) in [5.41, 5.74) is 2.43. The zero-order valence-corrected chi connectivity index (χ0v) is 24.8. The number of aryl methyl sites for hydroxylation is 1. The third-order valence-electron chi connectivity index (χ3n) is 8.18. The van der Waals surface area contributed by atoms with Crippen LogP contribution in [0.3, 0.4) is 0 Å². The van der Waals surface area contributed by atoms with Crippen molar-refractivity contribution < 1.29 is 24.2 Å². The molecule has 0 saturated carbocycles. The molecule has 8 heteroatoms. The predicted octanol–water partition coefficient (Wildman–Crippen LogP) is 5.41. The summed E-state index contributed by atoms with van der Waals surface area (Å²) in [6.07, 6.45) is 9.81. The topological polar surface area (TPSA) is 73.0 Å². The number of Topliss-reactive ketones (excluding diaryl/α,β-unsaturated/α-hetero) is 1. The molecule has 0 N–H and O–H groups in total. The van der Waals surface area contributed by atoms with Crippen LogP contribution < -0.4 is 19.8 Å². The lowest BCUT2D eigenvalue weighted by Gasteiger charge is -2.28. The maximum atomic E-state index is 13.5. The summed E-state index contributed by atoms with van der Waals surface area (Å²) in [4.78, 5) is 16.6. The second-order valence-electron chi connectivity index (χ2n) is 10.8. The molecular formula is C32H36N2O4S2. The SMILES string of the molecule is CCCCCCN1c2ccccc2SC12C(C1=C([O-])/C(=C/c3sc4ccccc4[n+]3CCCCCC)C1=O)[O+]2[O-]. The molecule has 0 bridgehead atoms. The van der Waals surface area contributed by atoms with Gasteiger partial charge in [-0.05, 0) is 31.0 Å². The molecule has 1 spiro atoms. The molecule has 2 atom stereocenters. The molecule has 6 rings (SSSR count). The van der Waals surface area contributed by atoms with Gasteiger partial charge in [-0.2, -0.15) is 4.57 Å². The molecule has 1 saturated heterocycles. The van der Waals surface area contributed by atoms with Gasteiger partial charge in [0.2, 0.25) is 5.52 Å². The van der Waals surface area contributed by atoms with Crippen LogP contribution in [0.4, 0.5) is 5.69 Å². The quantitative estimate of drug-likeness (QED) is 0.0721. The normalized spacial score (nSPS) is 23.1. The predicted molar refractivity (Wildman–Crippen MR) is 158 cm³/mol. The van der Waals surface area contributed by atoms with Gasteiger partial charge < -0.3 is 14.9 Å².